The molecular formula is C30H33FN6O3S2. The number of fused-ring (bicyclic) bond motifs is 1. The van der Waals surface area contributed by atoms with Crippen molar-refractivity contribution in [1.82, 2.24) is 20.1 Å². The molecule has 4 aromatic rings. The Morgan fingerprint density at radius 3 is 2.67 bits per heavy atom. The first-order valence-electron chi connectivity index (χ1n) is 14.0. The molecule has 3 aromatic carbocycles. The smallest absolute Gasteiger partial charge is 0.255 e. The number of rotatable bonds is 7. The first-order valence-corrected chi connectivity index (χ1v) is 16.5. The van der Waals surface area contributed by atoms with Crippen LogP contribution < -0.4 is 15.6 Å². The number of halogens is 1. The van der Waals surface area contributed by atoms with Gasteiger partial charge in [-0.3, -0.25) is 9.80 Å². The summed E-state index contributed by atoms with van der Waals surface area (Å²) in [6.45, 7) is 1.93. The van der Waals surface area contributed by atoms with Gasteiger partial charge < -0.3 is 15.5 Å². The Kier molecular flexibility index (Phi) is 8.11. The quantitative estimate of drug-likeness (QED) is 0.321. The van der Waals surface area contributed by atoms with E-state index in [1.54, 1.807) is 23.1 Å². The summed E-state index contributed by atoms with van der Waals surface area (Å²) in [4.78, 5) is 17.5. The predicted octanol–water partition coefficient (Wildman–Crippen LogP) is 4.30. The predicted molar refractivity (Wildman–Crippen MR) is 164 cm³/mol. The van der Waals surface area contributed by atoms with Gasteiger partial charge >= 0.3 is 0 Å². The second-order valence-electron chi connectivity index (χ2n) is 10.7. The molecule has 9 nitrogen and oxygen atoms in total. The minimum absolute atomic E-state index is 0.0589. The van der Waals surface area contributed by atoms with Gasteiger partial charge in [0.1, 0.15) is 12.0 Å². The van der Waals surface area contributed by atoms with E-state index in [-0.39, 0.29) is 27.2 Å². The molecule has 2 saturated heterocycles. The van der Waals surface area contributed by atoms with Crippen LogP contribution in [0.2, 0.25) is 0 Å². The van der Waals surface area contributed by atoms with Gasteiger partial charge in [-0.1, -0.05) is 18.2 Å². The zero-order valence-corrected chi connectivity index (χ0v) is 24.9. The van der Waals surface area contributed by atoms with Gasteiger partial charge in [0.25, 0.3) is 5.91 Å². The first kappa shape index (κ1) is 28.5. The van der Waals surface area contributed by atoms with Gasteiger partial charge in [-0.15, -0.1) is 11.8 Å². The van der Waals surface area contributed by atoms with Gasteiger partial charge in [-0.2, -0.15) is 9.89 Å². The van der Waals surface area contributed by atoms with Gasteiger partial charge in [-0.25, -0.2) is 12.8 Å². The molecule has 0 aliphatic carbocycles. The van der Waals surface area contributed by atoms with Crippen LogP contribution in [0.25, 0.3) is 10.9 Å². The number of anilines is 1. The molecule has 2 N–H and O–H groups in total. The van der Waals surface area contributed by atoms with Crippen molar-refractivity contribution in [3.05, 3.63) is 84.3 Å². The normalized spacial score (nSPS) is 20.0. The van der Waals surface area contributed by atoms with Gasteiger partial charge in [0.2, 0.25) is 9.84 Å². The molecule has 0 saturated carbocycles. The Morgan fingerprint density at radius 2 is 1.86 bits per heavy atom. The Morgan fingerprint density at radius 1 is 1.02 bits per heavy atom. The van der Waals surface area contributed by atoms with Crippen molar-refractivity contribution in [2.24, 2.45) is 0 Å². The van der Waals surface area contributed by atoms with Crippen LogP contribution in [-0.4, -0.2) is 73.1 Å². The van der Waals surface area contributed by atoms with E-state index in [0.29, 0.717) is 29.6 Å². The van der Waals surface area contributed by atoms with Crippen LogP contribution in [-0.2, 0) is 9.84 Å². The topological polar surface area (TPSA) is 99.6 Å². The van der Waals surface area contributed by atoms with Crippen molar-refractivity contribution >= 4 is 44.1 Å². The lowest BCUT2D eigenvalue weighted by atomic mass is 10.1. The number of hydrogen-bond donors (Lipinski definition) is 2. The summed E-state index contributed by atoms with van der Waals surface area (Å²) >= 11 is 1.89. The summed E-state index contributed by atoms with van der Waals surface area (Å²) in [6.07, 6.45) is 4.70. The molecule has 2 aliphatic rings. The number of hydrogen-bond acceptors (Lipinski definition) is 8. The number of amides is 1. The van der Waals surface area contributed by atoms with Gasteiger partial charge in [0, 0.05) is 24.2 Å². The number of piperazine rings is 1. The first-order chi connectivity index (χ1) is 20.3. The third kappa shape index (κ3) is 5.83. The third-order valence-corrected chi connectivity index (χ3v) is 10.7. The minimum Gasteiger partial charge on any atom is -0.373 e. The Balaban J connectivity index is 1.25. The van der Waals surface area contributed by atoms with Crippen LogP contribution in [0.5, 0.6) is 0 Å². The molecule has 1 aromatic heterocycles. The number of carbonyl (C=O) groups excluding carboxylic acids is 1. The molecule has 220 valence electrons. The standard InChI is InChI=1S/C30H33FN6O3S2/c1-35-14-15-36(28(20-35)34-30(38)25-9-2-3-10-26(25)33-29-11-4-5-16-41-29)37-27-13-12-24(17-21(27)19-32-37)42(39,40)23-8-6-7-22(31)18-23/h2-3,6-10,12-13,17-19,28-29,33H,4-5,11,14-16,20H2,1H3,(H,34,38). The number of sulfone groups is 1. The molecule has 0 radical (unpaired) electrons. The summed E-state index contributed by atoms with van der Waals surface area (Å²) in [5.41, 5.74) is 2.12. The van der Waals surface area contributed by atoms with Crippen molar-refractivity contribution in [1.29, 1.82) is 0 Å². The van der Waals surface area contributed by atoms with Crippen molar-refractivity contribution < 1.29 is 17.6 Å². The Labute approximate surface area is 249 Å². The van der Waals surface area contributed by atoms with Crippen molar-refractivity contribution in [2.75, 3.05) is 42.8 Å². The average molecular weight is 609 g/mol. The monoisotopic (exact) mass is 608 g/mol. The number of carbonyl (C=O) groups is 1. The lowest BCUT2D eigenvalue weighted by Gasteiger charge is -2.41. The molecule has 0 spiro atoms. The SMILES string of the molecule is CN1CCN(n2ncc3cc(S(=O)(=O)c4cccc(F)c4)ccc32)C(NC(=O)c2ccccc2NC2CCCCS2)C1. The number of thioether (sulfide) groups is 1. The zero-order chi connectivity index (χ0) is 29.3. The van der Waals surface area contributed by atoms with Crippen LogP contribution in [0.3, 0.4) is 0 Å². The van der Waals surface area contributed by atoms with E-state index in [4.69, 9.17) is 0 Å². The summed E-state index contributed by atoms with van der Waals surface area (Å²) < 4.78 is 40.1. The second kappa shape index (κ2) is 11.9. The molecule has 2 aliphatic heterocycles. The van der Waals surface area contributed by atoms with Crippen LogP contribution >= 0.6 is 11.8 Å². The fourth-order valence-electron chi connectivity index (χ4n) is 5.46. The minimum atomic E-state index is -3.91. The lowest BCUT2D eigenvalue weighted by Crippen LogP contribution is -2.63. The Hall–Kier alpha value is -3.61. The molecule has 6 rings (SSSR count). The highest BCUT2D eigenvalue weighted by Gasteiger charge is 2.30. The number of nitrogens with zero attached hydrogens (tertiary/aromatic N) is 4. The Bertz CT molecular complexity index is 1710. The average Bonchev–Trinajstić information content (AvgIpc) is 3.41. The van der Waals surface area contributed by atoms with E-state index in [2.05, 4.69) is 20.6 Å². The van der Waals surface area contributed by atoms with Crippen molar-refractivity contribution in [3.8, 4) is 0 Å². The van der Waals surface area contributed by atoms with Crippen molar-refractivity contribution in [2.45, 2.75) is 40.6 Å². The van der Waals surface area contributed by atoms with Gasteiger partial charge in [0.05, 0.1) is 39.0 Å². The van der Waals surface area contributed by atoms with Crippen LogP contribution in [0.15, 0.2) is 82.7 Å². The van der Waals surface area contributed by atoms with Crippen LogP contribution in [0.4, 0.5) is 10.1 Å². The summed E-state index contributed by atoms with van der Waals surface area (Å²) in [5, 5.41) is 14.3. The maximum atomic E-state index is 13.7. The van der Waals surface area contributed by atoms with E-state index < -0.39 is 15.7 Å². The van der Waals surface area contributed by atoms with Gasteiger partial charge in [0.15, 0.2) is 0 Å². The zero-order valence-electron chi connectivity index (χ0n) is 23.2. The highest BCUT2D eigenvalue weighted by molar-refractivity contribution is 8.00. The number of aromatic nitrogens is 2. The number of benzene rings is 3. The molecule has 2 unspecified atom stereocenters. The van der Waals surface area contributed by atoms with E-state index in [1.807, 2.05) is 48.1 Å². The third-order valence-electron chi connectivity index (χ3n) is 7.70. The van der Waals surface area contributed by atoms with Crippen LogP contribution in [0, 0.1) is 5.82 Å². The van der Waals surface area contributed by atoms with E-state index in [1.165, 1.54) is 37.1 Å². The van der Waals surface area contributed by atoms with Crippen molar-refractivity contribution in [3.63, 3.8) is 0 Å². The van der Waals surface area contributed by atoms with E-state index >= 15 is 0 Å². The summed E-state index contributed by atoms with van der Waals surface area (Å²) in [6, 6.07) is 17.3. The van der Waals surface area contributed by atoms with Crippen LogP contribution in [0.1, 0.15) is 29.6 Å². The number of likely N-dealkylation sites (N-methyl/N-ethyl adjacent to an activating group) is 1. The second-order valence-corrected chi connectivity index (χ2v) is 13.9. The molecule has 2 fully saturated rings. The number of para-hydroxylation sites is 1. The molecule has 1 amide bonds. The maximum Gasteiger partial charge on any atom is 0.255 e. The largest absolute Gasteiger partial charge is 0.373 e. The fourth-order valence-corrected chi connectivity index (χ4v) is 7.99. The molecule has 42 heavy (non-hydrogen) atoms. The highest BCUT2D eigenvalue weighted by atomic mass is 32.2. The van der Waals surface area contributed by atoms with Gasteiger partial charge in [-0.05, 0) is 80.6 Å². The molecule has 3 heterocycles. The fraction of sp³-hybridized carbons (Fsp3) is 0.333. The molecule has 2 atom stereocenters. The summed E-state index contributed by atoms with van der Waals surface area (Å²) in [7, 11) is -1.90. The van der Waals surface area contributed by atoms with E-state index in [0.717, 1.165) is 30.5 Å². The molecule has 0 bridgehead atoms. The molecular weight excluding hydrogens is 576 g/mol. The maximum absolute atomic E-state index is 13.7. The van der Waals surface area contributed by atoms with E-state index in [9.17, 15) is 17.6 Å². The number of nitrogens with one attached hydrogen (secondary N) is 2. The highest BCUT2D eigenvalue weighted by Crippen LogP contribution is 2.29. The lowest BCUT2D eigenvalue weighted by molar-refractivity contribution is 0.0904. The molecule has 12 heteroatoms. The summed E-state index contributed by atoms with van der Waals surface area (Å²) in [5.74, 6) is 0.328.